The molecule has 1 fully saturated rings. The van der Waals surface area contributed by atoms with Crippen LogP contribution in [0.25, 0.3) is 0 Å². The summed E-state index contributed by atoms with van der Waals surface area (Å²) in [5.74, 6) is 1.53. The number of hydrogen-bond acceptors (Lipinski definition) is 4. The molecule has 7 heteroatoms. The van der Waals surface area contributed by atoms with Gasteiger partial charge in [-0.2, -0.15) is 0 Å². The van der Waals surface area contributed by atoms with E-state index in [1.807, 2.05) is 12.1 Å². The number of ether oxygens (including phenoxy) is 1. The van der Waals surface area contributed by atoms with E-state index in [1.165, 1.54) is 32.4 Å². The normalized spacial score (nSPS) is 15.2. The van der Waals surface area contributed by atoms with Gasteiger partial charge < -0.3 is 20.3 Å². The number of nitrogens with zero attached hydrogens (tertiary/aromatic N) is 3. The largest absolute Gasteiger partial charge is 0.477 e. The van der Waals surface area contributed by atoms with Crippen LogP contribution in [-0.2, 0) is 6.54 Å². The number of likely N-dealkylation sites (tertiary alicyclic amines) is 1. The fourth-order valence-corrected chi connectivity index (χ4v) is 2.92. The van der Waals surface area contributed by atoms with Gasteiger partial charge in [0.25, 0.3) is 0 Å². The maximum absolute atomic E-state index is 5.79. The summed E-state index contributed by atoms with van der Waals surface area (Å²) in [6, 6.07) is 3.98. The maximum Gasteiger partial charge on any atom is 0.218 e. The Hall–Kier alpha value is -1.09. The minimum absolute atomic E-state index is 0. The second-order valence-electron chi connectivity index (χ2n) is 6.42. The highest BCUT2D eigenvalue weighted by molar-refractivity contribution is 14.0. The van der Waals surface area contributed by atoms with Crippen LogP contribution in [0.1, 0.15) is 44.6 Å². The van der Waals surface area contributed by atoms with E-state index in [0.29, 0.717) is 19.0 Å². The zero-order valence-corrected chi connectivity index (χ0v) is 18.5. The highest BCUT2D eigenvalue weighted by Gasteiger charge is 2.10. The topological polar surface area (TPSA) is 61.8 Å². The van der Waals surface area contributed by atoms with Crippen molar-refractivity contribution < 1.29 is 4.74 Å². The van der Waals surface area contributed by atoms with Gasteiger partial charge in [-0.3, -0.25) is 4.99 Å². The predicted molar refractivity (Wildman–Crippen MR) is 119 cm³/mol. The number of nitrogens with one attached hydrogen (secondary N) is 2. The number of pyridine rings is 1. The van der Waals surface area contributed by atoms with Crippen LogP contribution in [0.2, 0.25) is 0 Å². The Bertz CT molecular complexity index is 520. The molecule has 0 spiro atoms. The number of piperidine rings is 1. The Labute approximate surface area is 175 Å². The third kappa shape index (κ3) is 8.53. The Morgan fingerprint density at radius 1 is 1.27 bits per heavy atom. The predicted octanol–water partition coefficient (Wildman–Crippen LogP) is 3.03. The van der Waals surface area contributed by atoms with Crippen LogP contribution < -0.4 is 15.4 Å². The molecule has 0 aromatic carbocycles. The molecule has 0 atom stereocenters. The van der Waals surface area contributed by atoms with Gasteiger partial charge in [-0.15, -0.1) is 24.0 Å². The molecule has 0 amide bonds. The summed E-state index contributed by atoms with van der Waals surface area (Å²) in [5.41, 5.74) is 1.05. The first kappa shape index (κ1) is 23.0. The molecule has 148 valence electrons. The smallest absolute Gasteiger partial charge is 0.218 e. The van der Waals surface area contributed by atoms with Crippen molar-refractivity contribution in [3.05, 3.63) is 23.9 Å². The summed E-state index contributed by atoms with van der Waals surface area (Å²) in [5, 5.41) is 6.75. The first-order valence-electron chi connectivity index (χ1n) is 9.57. The van der Waals surface area contributed by atoms with Crippen molar-refractivity contribution in [3.63, 3.8) is 0 Å². The average molecular weight is 475 g/mol. The average Bonchev–Trinajstić information content (AvgIpc) is 2.66. The molecular weight excluding hydrogens is 441 g/mol. The lowest BCUT2D eigenvalue weighted by Crippen LogP contribution is -2.42. The first-order chi connectivity index (χ1) is 12.3. The van der Waals surface area contributed by atoms with Gasteiger partial charge in [0.1, 0.15) is 0 Å². The first-order valence-corrected chi connectivity index (χ1v) is 9.57. The number of aromatic nitrogens is 1. The summed E-state index contributed by atoms with van der Waals surface area (Å²) in [6.07, 6.45) is 7.97. The summed E-state index contributed by atoms with van der Waals surface area (Å²) >= 11 is 0. The lowest BCUT2D eigenvalue weighted by Gasteiger charge is -2.26. The second kappa shape index (κ2) is 14.0. The van der Waals surface area contributed by atoms with Crippen LogP contribution in [-0.4, -0.2) is 55.7 Å². The van der Waals surface area contributed by atoms with Crippen molar-refractivity contribution in [2.24, 2.45) is 4.99 Å². The molecule has 0 unspecified atom stereocenters. The zero-order chi connectivity index (χ0) is 17.7. The fourth-order valence-electron chi connectivity index (χ4n) is 2.92. The van der Waals surface area contributed by atoms with E-state index >= 15 is 0 Å². The summed E-state index contributed by atoms with van der Waals surface area (Å²) in [4.78, 5) is 11.2. The number of rotatable bonds is 9. The van der Waals surface area contributed by atoms with Crippen LogP contribution in [0.15, 0.2) is 23.3 Å². The van der Waals surface area contributed by atoms with Gasteiger partial charge in [-0.25, -0.2) is 4.98 Å². The van der Waals surface area contributed by atoms with Crippen molar-refractivity contribution in [2.45, 2.75) is 45.6 Å². The van der Waals surface area contributed by atoms with Crippen LogP contribution >= 0.6 is 24.0 Å². The molecule has 2 rings (SSSR count). The molecule has 1 aromatic rings. The number of unbranched alkanes of at least 4 members (excludes halogenated alkanes) is 1. The molecule has 1 aromatic heterocycles. The van der Waals surface area contributed by atoms with E-state index in [4.69, 9.17) is 4.74 Å². The molecule has 1 saturated heterocycles. The molecule has 6 nitrogen and oxygen atoms in total. The molecule has 2 N–H and O–H groups in total. The number of guanidine groups is 1. The van der Waals surface area contributed by atoms with Gasteiger partial charge in [-0.1, -0.05) is 25.8 Å². The molecule has 2 heterocycles. The molecule has 0 radical (unpaired) electrons. The second-order valence-corrected chi connectivity index (χ2v) is 6.42. The Morgan fingerprint density at radius 3 is 2.81 bits per heavy atom. The van der Waals surface area contributed by atoms with Crippen molar-refractivity contribution in [1.29, 1.82) is 0 Å². The van der Waals surface area contributed by atoms with Gasteiger partial charge in [0, 0.05) is 38.4 Å². The van der Waals surface area contributed by atoms with Crippen molar-refractivity contribution in [1.82, 2.24) is 20.5 Å². The Kier molecular flexibility index (Phi) is 12.4. The highest BCUT2D eigenvalue weighted by atomic mass is 127. The summed E-state index contributed by atoms with van der Waals surface area (Å²) < 4.78 is 5.79. The van der Waals surface area contributed by atoms with Crippen LogP contribution in [0.4, 0.5) is 0 Å². The van der Waals surface area contributed by atoms with Gasteiger partial charge in [0.15, 0.2) is 5.96 Å². The molecule has 0 bridgehead atoms. The van der Waals surface area contributed by atoms with E-state index in [-0.39, 0.29) is 24.0 Å². The van der Waals surface area contributed by atoms with Crippen LogP contribution in [0.3, 0.4) is 0 Å². The van der Waals surface area contributed by atoms with Crippen molar-refractivity contribution >= 4 is 29.9 Å². The minimum Gasteiger partial charge on any atom is -0.477 e. The SMILES string of the molecule is CCCCOc1ncccc1CNC(=NC)NCCN1CCCCC1.I. The third-order valence-electron chi connectivity index (χ3n) is 4.43. The quantitative estimate of drug-likeness (QED) is 0.249. The van der Waals surface area contributed by atoms with E-state index in [1.54, 1.807) is 13.2 Å². The fraction of sp³-hybridized carbons (Fsp3) is 0.684. The highest BCUT2D eigenvalue weighted by Crippen LogP contribution is 2.14. The monoisotopic (exact) mass is 475 g/mol. The molecular formula is C19H34IN5O. The zero-order valence-electron chi connectivity index (χ0n) is 16.2. The van der Waals surface area contributed by atoms with Crippen LogP contribution in [0, 0.1) is 0 Å². The lowest BCUT2D eigenvalue weighted by molar-refractivity contribution is 0.232. The molecule has 26 heavy (non-hydrogen) atoms. The van der Waals surface area contributed by atoms with Gasteiger partial charge in [-0.05, 0) is 38.4 Å². The number of hydrogen-bond donors (Lipinski definition) is 2. The third-order valence-corrected chi connectivity index (χ3v) is 4.43. The molecule has 0 aliphatic carbocycles. The molecule has 1 aliphatic heterocycles. The minimum atomic E-state index is 0. The van der Waals surface area contributed by atoms with E-state index in [9.17, 15) is 0 Å². The summed E-state index contributed by atoms with van der Waals surface area (Å²) in [6.45, 7) is 7.95. The molecule has 1 aliphatic rings. The van der Waals surface area contributed by atoms with Gasteiger partial charge in [0.2, 0.25) is 5.88 Å². The Balaban J connectivity index is 0.00000338. The number of aliphatic imine (C=N–C) groups is 1. The van der Waals surface area contributed by atoms with Gasteiger partial charge >= 0.3 is 0 Å². The summed E-state index contributed by atoms with van der Waals surface area (Å²) in [7, 11) is 1.80. The lowest BCUT2D eigenvalue weighted by atomic mass is 10.1. The van der Waals surface area contributed by atoms with Crippen molar-refractivity contribution in [3.8, 4) is 5.88 Å². The van der Waals surface area contributed by atoms with Crippen LogP contribution in [0.5, 0.6) is 5.88 Å². The van der Waals surface area contributed by atoms with E-state index in [2.05, 4.69) is 32.4 Å². The van der Waals surface area contributed by atoms with E-state index < -0.39 is 0 Å². The molecule has 0 saturated carbocycles. The standard InChI is InChI=1S/C19H33N5O.HI/c1-3-4-15-25-18-17(9-8-10-21-18)16-23-19(20-2)22-11-14-24-12-6-5-7-13-24;/h8-10H,3-7,11-16H2,1-2H3,(H2,20,22,23);1H. The number of halogens is 1. The Morgan fingerprint density at radius 2 is 2.08 bits per heavy atom. The van der Waals surface area contributed by atoms with Crippen molar-refractivity contribution in [2.75, 3.05) is 39.8 Å². The van der Waals surface area contributed by atoms with E-state index in [0.717, 1.165) is 37.5 Å². The maximum atomic E-state index is 5.79. The van der Waals surface area contributed by atoms with Gasteiger partial charge in [0.05, 0.1) is 6.61 Å².